The summed E-state index contributed by atoms with van der Waals surface area (Å²) in [7, 11) is 2.21. The lowest BCUT2D eigenvalue weighted by molar-refractivity contribution is 0.214. The van der Waals surface area contributed by atoms with Crippen LogP contribution >= 0.6 is 24.0 Å². The number of halogens is 1. The van der Waals surface area contributed by atoms with Crippen molar-refractivity contribution < 1.29 is 0 Å². The lowest BCUT2D eigenvalue weighted by Crippen LogP contribution is -2.40. The molecule has 142 valence electrons. The zero-order valence-electron chi connectivity index (χ0n) is 16.2. The van der Waals surface area contributed by atoms with Gasteiger partial charge in [-0.3, -0.25) is 4.99 Å². The molecule has 25 heavy (non-hydrogen) atoms. The summed E-state index contributed by atoms with van der Waals surface area (Å²) in [6.07, 6.45) is 3.67. The number of hydrogen-bond acceptors (Lipinski definition) is 2. The third-order valence-electron chi connectivity index (χ3n) is 4.82. The zero-order chi connectivity index (χ0) is 17.4. The molecule has 0 spiro atoms. The smallest absolute Gasteiger partial charge is 0.191 e. The molecule has 0 radical (unpaired) electrons. The summed E-state index contributed by atoms with van der Waals surface area (Å²) < 4.78 is 0. The molecule has 2 atom stereocenters. The van der Waals surface area contributed by atoms with Gasteiger partial charge in [0.15, 0.2) is 5.96 Å². The monoisotopic (exact) mass is 458 g/mol. The van der Waals surface area contributed by atoms with Crippen LogP contribution in [0.2, 0.25) is 0 Å². The van der Waals surface area contributed by atoms with E-state index < -0.39 is 0 Å². The molecule has 0 saturated carbocycles. The highest BCUT2D eigenvalue weighted by Crippen LogP contribution is 2.16. The van der Waals surface area contributed by atoms with Gasteiger partial charge in [0.2, 0.25) is 0 Å². The van der Waals surface area contributed by atoms with Crippen molar-refractivity contribution in [3.63, 3.8) is 0 Å². The van der Waals surface area contributed by atoms with Gasteiger partial charge in [0.25, 0.3) is 0 Å². The zero-order valence-corrected chi connectivity index (χ0v) is 18.5. The Hall–Kier alpha value is -0.820. The molecule has 1 aromatic rings. The van der Waals surface area contributed by atoms with Crippen LogP contribution in [0.1, 0.15) is 50.8 Å². The number of likely N-dealkylation sites (tertiary alicyclic amines) is 1. The number of nitrogens with zero attached hydrogens (tertiary/aromatic N) is 2. The molecule has 0 aliphatic carbocycles. The average molecular weight is 458 g/mol. The SMILES string of the molecule is CCNC(=NCC1CCCN(C)C1)NC(C)c1ccc(CC)cc1.I. The van der Waals surface area contributed by atoms with E-state index in [0.717, 1.165) is 32.0 Å². The third-order valence-corrected chi connectivity index (χ3v) is 4.82. The van der Waals surface area contributed by atoms with Crippen molar-refractivity contribution in [2.75, 3.05) is 33.2 Å². The lowest BCUT2D eigenvalue weighted by atomic mass is 9.99. The average Bonchev–Trinajstić information content (AvgIpc) is 2.60. The van der Waals surface area contributed by atoms with Gasteiger partial charge in [-0.2, -0.15) is 0 Å². The van der Waals surface area contributed by atoms with Gasteiger partial charge in [0.05, 0.1) is 6.04 Å². The van der Waals surface area contributed by atoms with Crippen LogP contribution in [-0.2, 0) is 6.42 Å². The number of guanidine groups is 1. The van der Waals surface area contributed by atoms with Gasteiger partial charge in [0.1, 0.15) is 0 Å². The van der Waals surface area contributed by atoms with Crippen LogP contribution in [0.15, 0.2) is 29.3 Å². The molecule has 5 heteroatoms. The normalized spacial score (nSPS) is 19.8. The first kappa shape index (κ1) is 22.2. The first-order valence-corrected chi connectivity index (χ1v) is 9.44. The van der Waals surface area contributed by atoms with Gasteiger partial charge in [-0.1, -0.05) is 31.2 Å². The number of hydrogen-bond donors (Lipinski definition) is 2. The number of benzene rings is 1. The summed E-state index contributed by atoms with van der Waals surface area (Å²) in [4.78, 5) is 7.26. The molecule has 1 aromatic carbocycles. The van der Waals surface area contributed by atoms with E-state index in [0.29, 0.717) is 5.92 Å². The molecular formula is C20H35IN4. The second-order valence-electron chi connectivity index (χ2n) is 6.95. The van der Waals surface area contributed by atoms with E-state index in [9.17, 15) is 0 Å². The second kappa shape index (κ2) is 11.7. The molecule has 2 rings (SSSR count). The van der Waals surface area contributed by atoms with Crippen molar-refractivity contribution >= 4 is 29.9 Å². The topological polar surface area (TPSA) is 39.7 Å². The molecule has 1 heterocycles. The quantitative estimate of drug-likeness (QED) is 0.387. The van der Waals surface area contributed by atoms with E-state index in [-0.39, 0.29) is 30.0 Å². The van der Waals surface area contributed by atoms with E-state index in [1.54, 1.807) is 0 Å². The summed E-state index contributed by atoms with van der Waals surface area (Å²) in [6.45, 7) is 10.7. The van der Waals surface area contributed by atoms with E-state index in [1.165, 1.54) is 30.5 Å². The van der Waals surface area contributed by atoms with Crippen molar-refractivity contribution in [2.45, 2.75) is 46.1 Å². The summed E-state index contributed by atoms with van der Waals surface area (Å²) in [5, 5.41) is 6.93. The van der Waals surface area contributed by atoms with Crippen molar-refractivity contribution in [1.29, 1.82) is 0 Å². The number of piperidine rings is 1. The molecule has 2 unspecified atom stereocenters. The Morgan fingerprint density at radius 2 is 2.00 bits per heavy atom. The number of rotatable bonds is 6. The van der Waals surface area contributed by atoms with Crippen LogP contribution in [0.5, 0.6) is 0 Å². The summed E-state index contributed by atoms with van der Waals surface area (Å²) in [5.74, 6) is 1.61. The van der Waals surface area contributed by atoms with Gasteiger partial charge in [-0.25, -0.2) is 0 Å². The number of nitrogens with one attached hydrogen (secondary N) is 2. The maximum Gasteiger partial charge on any atom is 0.191 e. The fraction of sp³-hybridized carbons (Fsp3) is 0.650. The third kappa shape index (κ3) is 7.52. The molecule has 1 saturated heterocycles. The van der Waals surface area contributed by atoms with E-state index in [1.807, 2.05) is 0 Å². The molecule has 4 nitrogen and oxygen atoms in total. The first-order valence-electron chi connectivity index (χ1n) is 9.44. The lowest BCUT2D eigenvalue weighted by Gasteiger charge is -2.29. The predicted molar refractivity (Wildman–Crippen MR) is 119 cm³/mol. The Balaban J connectivity index is 0.00000312. The van der Waals surface area contributed by atoms with Gasteiger partial charge < -0.3 is 15.5 Å². The number of aliphatic imine (C=N–C) groups is 1. The van der Waals surface area contributed by atoms with E-state index in [4.69, 9.17) is 4.99 Å². The number of aryl methyl sites for hydroxylation is 1. The van der Waals surface area contributed by atoms with Crippen molar-refractivity contribution in [3.8, 4) is 0 Å². The van der Waals surface area contributed by atoms with Crippen LogP contribution in [0.4, 0.5) is 0 Å². The minimum absolute atomic E-state index is 0. The van der Waals surface area contributed by atoms with Crippen molar-refractivity contribution in [2.24, 2.45) is 10.9 Å². The summed E-state index contributed by atoms with van der Waals surface area (Å²) in [6, 6.07) is 9.12. The highest BCUT2D eigenvalue weighted by Gasteiger charge is 2.17. The van der Waals surface area contributed by atoms with Crippen LogP contribution < -0.4 is 10.6 Å². The van der Waals surface area contributed by atoms with E-state index in [2.05, 4.69) is 67.6 Å². The van der Waals surface area contributed by atoms with Crippen molar-refractivity contribution in [3.05, 3.63) is 35.4 Å². The predicted octanol–water partition coefficient (Wildman–Crippen LogP) is 3.82. The summed E-state index contributed by atoms with van der Waals surface area (Å²) in [5.41, 5.74) is 2.68. The van der Waals surface area contributed by atoms with Gasteiger partial charge in [-0.05, 0) is 63.7 Å². The van der Waals surface area contributed by atoms with Crippen LogP contribution in [-0.4, -0.2) is 44.1 Å². The van der Waals surface area contributed by atoms with Gasteiger partial charge >= 0.3 is 0 Å². The van der Waals surface area contributed by atoms with E-state index >= 15 is 0 Å². The van der Waals surface area contributed by atoms with Crippen molar-refractivity contribution in [1.82, 2.24) is 15.5 Å². The molecule has 1 aliphatic heterocycles. The van der Waals surface area contributed by atoms with Crippen LogP contribution in [0.25, 0.3) is 0 Å². The Kier molecular flexibility index (Phi) is 10.4. The Morgan fingerprint density at radius 3 is 2.60 bits per heavy atom. The standard InChI is InChI=1S/C20H34N4.HI/c1-5-17-9-11-19(12-10-17)16(3)23-20(21-6-2)22-14-18-8-7-13-24(4)15-18;/h9-12,16,18H,5-8,13-15H2,1-4H3,(H2,21,22,23);1H. The highest BCUT2D eigenvalue weighted by molar-refractivity contribution is 14.0. The molecule has 1 aliphatic rings. The molecule has 2 N–H and O–H groups in total. The maximum atomic E-state index is 4.84. The molecule has 0 aromatic heterocycles. The molecule has 0 amide bonds. The summed E-state index contributed by atoms with van der Waals surface area (Å²) >= 11 is 0. The minimum atomic E-state index is 0. The second-order valence-corrected chi connectivity index (χ2v) is 6.95. The van der Waals surface area contributed by atoms with Gasteiger partial charge in [-0.15, -0.1) is 24.0 Å². The maximum absolute atomic E-state index is 4.84. The fourth-order valence-electron chi connectivity index (χ4n) is 3.29. The Bertz CT molecular complexity index is 515. The molecule has 1 fully saturated rings. The Labute approximate surface area is 170 Å². The fourth-order valence-corrected chi connectivity index (χ4v) is 3.29. The van der Waals surface area contributed by atoms with Gasteiger partial charge in [0, 0.05) is 19.6 Å². The molecule has 0 bridgehead atoms. The highest BCUT2D eigenvalue weighted by atomic mass is 127. The minimum Gasteiger partial charge on any atom is -0.357 e. The van der Waals surface area contributed by atoms with Crippen LogP contribution in [0, 0.1) is 5.92 Å². The Morgan fingerprint density at radius 1 is 1.28 bits per heavy atom. The van der Waals surface area contributed by atoms with Crippen LogP contribution in [0.3, 0.4) is 0 Å². The largest absolute Gasteiger partial charge is 0.357 e. The molecular weight excluding hydrogens is 423 g/mol. The first-order chi connectivity index (χ1) is 11.6.